The third kappa shape index (κ3) is 5.44. The Labute approximate surface area is 204 Å². The molecule has 178 valence electrons. The summed E-state index contributed by atoms with van der Waals surface area (Å²) in [5.74, 6) is 1.26. The number of nitrogens with zero attached hydrogens (tertiary/aromatic N) is 4. The lowest BCUT2D eigenvalue weighted by molar-refractivity contribution is 0.102. The first kappa shape index (κ1) is 22.9. The number of amides is 1. The van der Waals surface area contributed by atoms with Gasteiger partial charge in [-0.25, -0.2) is 15.0 Å². The van der Waals surface area contributed by atoms with Crippen molar-refractivity contribution < 1.29 is 4.79 Å². The summed E-state index contributed by atoms with van der Waals surface area (Å²) in [5, 5.41) is 10.4. The summed E-state index contributed by atoms with van der Waals surface area (Å²) in [6.45, 7) is 6.14. The number of carbonyl (C=O) groups excluding carboxylic acids is 1. The summed E-state index contributed by atoms with van der Waals surface area (Å²) in [7, 11) is 0. The molecule has 1 aliphatic heterocycles. The molecule has 4 aromatic rings. The molecule has 8 heteroatoms. The molecule has 0 atom stereocenters. The van der Waals surface area contributed by atoms with Gasteiger partial charge in [-0.2, -0.15) is 0 Å². The van der Waals surface area contributed by atoms with Crippen LogP contribution in [0.15, 0.2) is 61.1 Å². The van der Waals surface area contributed by atoms with Crippen LogP contribution in [0.5, 0.6) is 0 Å². The molecular weight excluding hydrogens is 438 g/mol. The van der Waals surface area contributed by atoms with Gasteiger partial charge < -0.3 is 10.6 Å². The van der Waals surface area contributed by atoms with E-state index in [4.69, 9.17) is 0 Å². The number of carbonyl (C=O) groups is 1. The fourth-order valence-corrected chi connectivity index (χ4v) is 4.38. The first-order chi connectivity index (χ1) is 17.0. The molecule has 8 nitrogen and oxygen atoms in total. The van der Waals surface area contributed by atoms with Crippen LogP contribution in [0.25, 0.3) is 22.2 Å². The van der Waals surface area contributed by atoms with Crippen LogP contribution in [0.3, 0.4) is 0 Å². The third-order valence-corrected chi connectivity index (χ3v) is 6.13. The van der Waals surface area contributed by atoms with Crippen molar-refractivity contribution in [1.82, 2.24) is 25.3 Å². The molecule has 0 bridgehead atoms. The molecule has 0 unspecified atom stereocenters. The smallest absolute Gasteiger partial charge is 0.258 e. The molecule has 0 aliphatic carbocycles. The van der Waals surface area contributed by atoms with Crippen molar-refractivity contribution in [2.24, 2.45) is 0 Å². The predicted molar refractivity (Wildman–Crippen MR) is 139 cm³/mol. The van der Waals surface area contributed by atoms with Crippen LogP contribution < -0.4 is 16.0 Å². The second kappa shape index (κ2) is 10.1. The molecule has 1 amide bonds. The Morgan fingerprint density at radius 1 is 1.03 bits per heavy atom. The number of piperidine rings is 1. The van der Waals surface area contributed by atoms with E-state index in [-0.39, 0.29) is 17.9 Å². The number of hydrogen-bond acceptors (Lipinski definition) is 7. The van der Waals surface area contributed by atoms with Gasteiger partial charge in [-0.3, -0.25) is 15.1 Å². The molecule has 35 heavy (non-hydrogen) atoms. The highest BCUT2D eigenvalue weighted by Gasteiger charge is 2.17. The minimum atomic E-state index is -0.213. The molecule has 1 aliphatic rings. The Bertz CT molecular complexity index is 1350. The van der Waals surface area contributed by atoms with E-state index in [0.29, 0.717) is 11.5 Å². The molecule has 3 heterocycles. The van der Waals surface area contributed by atoms with Crippen LogP contribution in [0.1, 0.15) is 48.5 Å². The fourth-order valence-electron chi connectivity index (χ4n) is 4.38. The molecule has 5 rings (SSSR count). The molecular formula is C27H29N7O. The van der Waals surface area contributed by atoms with Gasteiger partial charge in [0.25, 0.3) is 5.91 Å². The minimum Gasteiger partial charge on any atom is -0.367 e. The molecule has 2 aromatic carbocycles. The van der Waals surface area contributed by atoms with E-state index >= 15 is 0 Å². The number of rotatable bonds is 6. The maximum absolute atomic E-state index is 13.0. The molecule has 0 spiro atoms. The second-order valence-corrected chi connectivity index (χ2v) is 9.16. The Kier molecular flexibility index (Phi) is 6.63. The van der Waals surface area contributed by atoms with E-state index in [2.05, 4.69) is 55.8 Å². The van der Waals surface area contributed by atoms with E-state index in [1.54, 1.807) is 18.6 Å². The van der Waals surface area contributed by atoms with Crippen LogP contribution in [0, 0.1) is 0 Å². The van der Waals surface area contributed by atoms with Gasteiger partial charge in [-0.05, 0) is 69.5 Å². The number of anilines is 2. The van der Waals surface area contributed by atoms with Crippen molar-refractivity contribution >= 4 is 28.6 Å². The normalized spacial score (nSPS) is 14.3. The monoisotopic (exact) mass is 467 g/mol. The molecule has 3 N–H and O–H groups in total. The van der Waals surface area contributed by atoms with Gasteiger partial charge in [0.05, 0.1) is 23.6 Å². The van der Waals surface area contributed by atoms with Crippen molar-refractivity contribution in [3.05, 3.63) is 72.2 Å². The van der Waals surface area contributed by atoms with E-state index < -0.39 is 0 Å². The average molecular weight is 468 g/mol. The highest BCUT2D eigenvalue weighted by molar-refractivity contribution is 6.03. The fraction of sp³-hybridized carbons (Fsp3) is 0.296. The number of aromatic nitrogens is 4. The number of benzene rings is 2. The van der Waals surface area contributed by atoms with Crippen LogP contribution in [-0.2, 0) is 0 Å². The summed E-state index contributed by atoms with van der Waals surface area (Å²) < 4.78 is 0. The van der Waals surface area contributed by atoms with Crippen molar-refractivity contribution in [2.45, 2.75) is 38.6 Å². The highest BCUT2D eigenvalue weighted by Crippen LogP contribution is 2.26. The van der Waals surface area contributed by atoms with Gasteiger partial charge >= 0.3 is 0 Å². The number of hydrogen-bond donors (Lipinski definition) is 3. The molecule has 1 fully saturated rings. The van der Waals surface area contributed by atoms with Crippen LogP contribution in [-0.4, -0.2) is 45.0 Å². The van der Waals surface area contributed by atoms with Crippen LogP contribution in [0.2, 0.25) is 0 Å². The minimum absolute atomic E-state index is 0.213. The number of fused-ring (bicyclic) bond motifs is 1. The average Bonchev–Trinajstić information content (AvgIpc) is 2.88. The summed E-state index contributed by atoms with van der Waals surface area (Å²) in [5.41, 5.74) is 4.18. The summed E-state index contributed by atoms with van der Waals surface area (Å²) in [4.78, 5) is 30.9. The van der Waals surface area contributed by atoms with Crippen molar-refractivity contribution in [1.29, 1.82) is 0 Å². The summed E-state index contributed by atoms with van der Waals surface area (Å²) in [6.07, 6.45) is 7.33. The van der Waals surface area contributed by atoms with Gasteiger partial charge in [0.15, 0.2) is 0 Å². The van der Waals surface area contributed by atoms with E-state index in [0.717, 1.165) is 53.9 Å². The molecule has 0 radical (unpaired) electrons. The topological polar surface area (TPSA) is 105 Å². The van der Waals surface area contributed by atoms with Gasteiger partial charge in [0, 0.05) is 28.8 Å². The van der Waals surface area contributed by atoms with Crippen molar-refractivity contribution in [3.63, 3.8) is 0 Å². The Balaban J connectivity index is 1.36. The highest BCUT2D eigenvalue weighted by atomic mass is 16.1. The van der Waals surface area contributed by atoms with E-state index in [9.17, 15) is 4.79 Å². The zero-order chi connectivity index (χ0) is 24.2. The molecule has 2 aromatic heterocycles. The van der Waals surface area contributed by atoms with Gasteiger partial charge in [0.1, 0.15) is 5.82 Å². The first-order valence-corrected chi connectivity index (χ1v) is 12.0. The standard InChI is InChI=1S/C27H29N7O/c1-17(2)31-25-16-29-15-24(32-25)20-6-7-22-14-30-27(33-23(22)13-20)34-26(35)21-5-3-4-19(12-21)18-8-10-28-11-9-18/h3-7,12-18,28H,8-11H2,1-2H3,(H,31,32)(H,30,33,34,35). The Morgan fingerprint density at radius 2 is 1.89 bits per heavy atom. The van der Waals surface area contributed by atoms with Crippen LogP contribution >= 0.6 is 0 Å². The zero-order valence-corrected chi connectivity index (χ0v) is 20.0. The SMILES string of the molecule is CC(C)Nc1cncc(-c2ccc3cnc(NC(=O)c4cccc(C5CCNCC5)c4)nc3c2)n1. The summed E-state index contributed by atoms with van der Waals surface area (Å²) >= 11 is 0. The molecule has 1 saturated heterocycles. The first-order valence-electron chi connectivity index (χ1n) is 12.0. The van der Waals surface area contributed by atoms with Crippen molar-refractivity contribution in [2.75, 3.05) is 23.7 Å². The lowest BCUT2D eigenvalue weighted by Gasteiger charge is -2.23. The van der Waals surface area contributed by atoms with Crippen molar-refractivity contribution in [3.8, 4) is 11.3 Å². The Hall–Kier alpha value is -3.91. The van der Waals surface area contributed by atoms with Crippen LogP contribution in [0.4, 0.5) is 11.8 Å². The van der Waals surface area contributed by atoms with E-state index in [1.807, 2.05) is 36.4 Å². The number of nitrogens with one attached hydrogen (secondary N) is 3. The lowest BCUT2D eigenvalue weighted by atomic mass is 9.89. The second-order valence-electron chi connectivity index (χ2n) is 9.16. The summed E-state index contributed by atoms with van der Waals surface area (Å²) in [6, 6.07) is 14.0. The van der Waals surface area contributed by atoms with E-state index in [1.165, 1.54) is 5.56 Å². The predicted octanol–water partition coefficient (Wildman–Crippen LogP) is 4.63. The maximum atomic E-state index is 13.0. The Morgan fingerprint density at radius 3 is 2.71 bits per heavy atom. The third-order valence-electron chi connectivity index (χ3n) is 6.13. The molecule has 0 saturated carbocycles. The van der Waals surface area contributed by atoms with Gasteiger partial charge in [-0.15, -0.1) is 0 Å². The maximum Gasteiger partial charge on any atom is 0.258 e. The quantitative estimate of drug-likeness (QED) is 0.380. The lowest BCUT2D eigenvalue weighted by Crippen LogP contribution is -2.26. The largest absolute Gasteiger partial charge is 0.367 e. The van der Waals surface area contributed by atoms with Gasteiger partial charge in [-0.1, -0.05) is 24.3 Å². The van der Waals surface area contributed by atoms with Gasteiger partial charge in [0.2, 0.25) is 5.95 Å². The zero-order valence-electron chi connectivity index (χ0n) is 20.0.